The summed E-state index contributed by atoms with van der Waals surface area (Å²) >= 11 is 0. The highest BCUT2D eigenvalue weighted by molar-refractivity contribution is 5.82. The first kappa shape index (κ1) is 20.2. The molecule has 0 amide bonds. The molecule has 1 heterocycles. The van der Waals surface area contributed by atoms with E-state index in [1.54, 1.807) is 0 Å². The monoisotopic (exact) mass is 324 g/mol. The van der Waals surface area contributed by atoms with Crippen molar-refractivity contribution in [1.29, 1.82) is 0 Å². The molecule has 1 rings (SSSR count). The Labute approximate surface area is 142 Å². The van der Waals surface area contributed by atoms with Crippen molar-refractivity contribution in [2.75, 3.05) is 13.7 Å². The van der Waals surface area contributed by atoms with Crippen LogP contribution in [0.25, 0.3) is 0 Å². The Morgan fingerprint density at radius 1 is 0.957 bits per heavy atom. The van der Waals surface area contributed by atoms with Crippen LogP contribution in [0.15, 0.2) is 12.2 Å². The van der Waals surface area contributed by atoms with Crippen LogP contribution >= 0.6 is 0 Å². The lowest BCUT2D eigenvalue weighted by Crippen LogP contribution is -2.25. The van der Waals surface area contributed by atoms with E-state index in [1.165, 1.54) is 77.7 Å². The van der Waals surface area contributed by atoms with Gasteiger partial charge < -0.3 is 9.47 Å². The Hall–Kier alpha value is -0.830. The van der Waals surface area contributed by atoms with E-state index in [9.17, 15) is 4.79 Å². The maximum absolute atomic E-state index is 11.5. The van der Waals surface area contributed by atoms with Gasteiger partial charge in [-0.3, -0.25) is 0 Å². The number of methoxy groups -OCH3 is 1. The van der Waals surface area contributed by atoms with Gasteiger partial charge in [-0.2, -0.15) is 0 Å². The first-order chi connectivity index (χ1) is 11.2. The third-order valence-electron chi connectivity index (χ3n) is 4.64. The van der Waals surface area contributed by atoms with Gasteiger partial charge in [-0.25, -0.2) is 4.79 Å². The zero-order valence-corrected chi connectivity index (χ0v) is 15.3. The highest BCUT2D eigenvalue weighted by Crippen LogP contribution is 2.34. The van der Waals surface area contributed by atoms with Gasteiger partial charge in [-0.05, 0) is 38.5 Å². The van der Waals surface area contributed by atoms with Gasteiger partial charge >= 0.3 is 5.97 Å². The fourth-order valence-corrected chi connectivity index (χ4v) is 2.94. The van der Waals surface area contributed by atoms with Gasteiger partial charge in [0.15, 0.2) is 5.60 Å². The van der Waals surface area contributed by atoms with Crippen LogP contribution in [0, 0.1) is 0 Å². The zero-order chi connectivity index (χ0) is 16.8. The molecule has 0 aromatic carbocycles. The summed E-state index contributed by atoms with van der Waals surface area (Å²) in [5.41, 5.74) is -0.578. The van der Waals surface area contributed by atoms with Crippen molar-refractivity contribution in [3.63, 3.8) is 0 Å². The van der Waals surface area contributed by atoms with Crippen LogP contribution in [0.2, 0.25) is 0 Å². The number of rotatable bonds is 15. The Balaban J connectivity index is 1.83. The van der Waals surface area contributed by atoms with E-state index in [2.05, 4.69) is 19.1 Å². The minimum absolute atomic E-state index is 0.199. The van der Waals surface area contributed by atoms with Crippen LogP contribution in [0.4, 0.5) is 0 Å². The molecule has 0 radical (unpaired) electrons. The third kappa shape index (κ3) is 9.14. The smallest absolute Gasteiger partial charge is 0.340 e. The lowest BCUT2D eigenvalue weighted by molar-refractivity contribution is -0.147. The molecule has 1 unspecified atom stereocenters. The van der Waals surface area contributed by atoms with E-state index in [0.29, 0.717) is 6.61 Å². The van der Waals surface area contributed by atoms with E-state index in [1.807, 2.05) is 0 Å². The van der Waals surface area contributed by atoms with Crippen molar-refractivity contribution < 1.29 is 14.3 Å². The Kier molecular flexibility index (Phi) is 11.1. The molecule has 1 atom stereocenters. The molecular formula is C20H36O3. The molecule has 0 N–H and O–H groups in total. The summed E-state index contributed by atoms with van der Waals surface area (Å²) in [7, 11) is 1.43. The molecule has 0 aromatic rings. The Morgan fingerprint density at radius 2 is 1.48 bits per heavy atom. The van der Waals surface area contributed by atoms with Gasteiger partial charge in [0.25, 0.3) is 0 Å². The summed E-state index contributed by atoms with van der Waals surface area (Å²) in [5, 5.41) is 0. The predicted octanol–water partition coefficient (Wildman–Crippen LogP) is 5.58. The number of carbonyl (C=O) groups excluding carboxylic acids is 1. The van der Waals surface area contributed by atoms with E-state index >= 15 is 0 Å². The predicted molar refractivity (Wildman–Crippen MR) is 95.5 cm³/mol. The number of hydrogen-bond acceptors (Lipinski definition) is 3. The highest BCUT2D eigenvalue weighted by atomic mass is 16.6. The first-order valence-corrected chi connectivity index (χ1v) is 9.62. The molecule has 134 valence electrons. The largest absolute Gasteiger partial charge is 0.467 e. The molecule has 0 saturated carbocycles. The van der Waals surface area contributed by atoms with Crippen molar-refractivity contribution in [2.24, 2.45) is 0 Å². The van der Waals surface area contributed by atoms with Gasteiger partial charge in [0.05, 0.1) is 13.7 Å². The molecule has 1 saturated heterocycles. The topological polar surface area (TPSA) is 38.8 Å². The third-order valence-corrected chi connectivity index (χ3v) is 4.64. The average molecular weight is 325 g/mol. The van der Waals surface area contributed by atoms with Crippen LogP contribution in [0.5, 0.6) is 0 Å². The van der Waals surface area contributed by atoms with E-state index < -0.39 is 5.60 Å². The summed E-state index contributed by atoms with van der Waals surface area (Å²) in [6.07, 6.45) is 20.9. The second kappa shape index (κ2) is 12.6. The molecular weight excluding hydrogens is 288 g/mol. The van der Waals surface area contributed by atoms with Crippen LogP contribution in [0.3, 0.4) is 0 Å². The normalized spacial score (nSPS) is 20.1. The molecule has 0 spiro atoms. The highest BCUT2D eigenvalue weighted by Gasteiger charge is 2.52. The maximum atomic E-state index is 11.5. The van der Waals surface area contributed by atoms with Gasteiger partial charge in [0, 0.05) is 0 Å². The molecule has 1 fully saturated rings. The Bertz CT molecular complexity index is 332. The molecule has 0 aliphatic carbocycles. The van der Waals surface area contributed by atoms with Gasteiger partial charge in [-0.15, -0.1) is 0 Å². The fourth-order valence-electron chi connectivity index (χ4n) is 2.94. The number of esters is 1. The fraction of sp³-hybridized carbons (Fsp3) is 0.850. The maximum Gasteiger partial charge on any atom is 0.340 e. The van der Waals surface area contributed by atoms with E-state index in [4.69, 9.17) is 9.47 Å². The number of hydrogen-bond donors (Lipinski definition) is 0. The minimum Gasteiger partial charge on any atom is -0.467 e. The average Bonchev–Trinajstić information content (AvgIpc) is 3.35. The second-order valence-electron chi connectivity index (χ2n) is 6.76. The van der Waals surface area contributed by atoms with Crippen molar-refractivity contribution in [3.05, 3.63) is 12.2 Å². The SMILES string of the molecule is CCCCCCCC/C=C/CCCCCCC1(C(=O)OC)CO1. The summed E-state index contributed by atoms with van der Waals surface area (Å²) in [5.74, 6) is -0.199. The molecule has 0 aromatic heterocycles. The number of ether oxygens (including phenoxy) is 2. The lowest BCUT2D eigenvalue weighted by Gasteiger charge is -2.08. The van der Waals surface area contributed by atoms with Crippen LogP contribution in [-0.2, 0) is 14.3 Å². The summed E-state index contributed by atoms with van der Waals surface area (Å²) in [6, 6.07) is 0. The zero-order valence-electron chi connectivity index (χ0n) is 15.3. The lowest BCUT2D eigenvalue weighted by atomic mass is 10.0. The number of unbranched alkanes of at least 4 members (excludes halogenated alkanes) is 10. The summed E-state index contributed by atoms with van der Waals surface area (Å²) in [4.78, 5) is 11.5. The standard InChI is InChI=1S/C20H36O3/c1-3-4-5-6-7-8-9-10-11-12-13-14-15-16-17-20(18-23-20)19(21)22-2/h10-11H,3-9,12-18H2,1-2H3/b11-10+. The van der Waals surface area contributed by atoms with E-state index in [-0.39, 0.29) is 5.97 Å². The Morgan fingerprint density at radius 3 is 2.00 bits per heavy atom. The van der Waals surface area contributed by atoms with E-state index in [0.717, 1.165) is 12.8 Å². The molecule has 1 aliphatic heterocycles. The van der Waals surface area contributed by atoms with Gasteiger partial charge in [0.1, 0.15) is 0 Å². The summed E-state index contributed by atoms with van der Waals surface area (Å²) in [6.45, 7) is 2.81. The van der Waals surface area contributed by atoms with Crippen LogP contribution in [-0.4, -0.2) is 25.3 Å². The molecule has 23 heavy (non-hydrogen) atoms. The number of carbonyl (C=O) groups is 1. The first-order valence-electron chi connectivity index (χ1n) is 9.62. The minimum atomic E-state index is -0.578. The van der Waals surface area contributed by atoms with Crippen molar-refractivity contribution >= 4 is 5.97 Å². The van der Waals surface area contributed by atoms with Crippen LogP contribution in [0.1, 0.15) is 90.4 Å². The van der Waals surface area contributed by atoms with Crippen LogP contribution < -0.4 is 0 Å². The van der Waals surface area contributed by atoms with Crippen molar-refractivity contribution in [1.82, 2.24) is 0 Å². The summed E-state index contributed by atoms with van der Waals surface area (Å²) < 4.78 is 10.1. The second-order valence-corrected chi connectivity index (χ2v) is 6.76. The van der Waals surface area contributed by atoms with Crippen molar-refractivity contribution in [3.8, 4) is 0 Å². The quantitative estimate of drug-likeness (QED) is 0.171. The number of epoxide rings is 1. The number of allylic oxidation sites excluding steroid dienone is 2. The van der Waals surface area contributed by atoms with Gasteiger partial charge in [0.2, 0.25) is 0 Å². The van der Waals surface area contributed by atoms with Crippen molar-refractivity contribution in [2.45, 2.75) is 96.0 Å². The van der Waals surface area contributed by atoms with Gasteiger partial charge in [-0.1, -0.05) is 64.0 Å². The molecule has 1 aliphatic rings. The molecule has 3 nitrogen and oxygen atoms in total. The molecule has 0 bridgehead atoms. The molecule has 3 heteroatoms.